The molecule has 2 amide bonds. The molecule has 1 aromatic rings. The second-order valence-electron chi connectivity index (χ2n) is 5.04. The van der Waals surface area contributed by atoms with Gasteiger partial charge in [0.25, 0.3) is 0 Å². The molecule has 1 fully saturated rings. The molecule has 1 aromatic carbocycles. The Bertz CT molecular complexity index is 470. The highest BCUT2D eigenvalue weighted by molar-refractivity contribution is 6.33. The van der Waals surface area contributed by atoms with Crippen LogP contribution in [0.4, 0.5) is 10.5 Å². The maximum atomic E-state index is 11.8. The first-order valence-corrected chi connectivity index (χ1v) is 7.70. The number of likely N-dealkylation sites (N-methyl/N-ethyl adjacent to an activating group) is 1. The molecule has 0 aromatic heterocycles. The number of anilines is 1. The van der Waals surface area contributed by atoms with Crippen molar-refractivity contribution < 1.29 is 9.53 Å². The minimum atomic E-state index is -0.244. The van der Waals surface area contributed by atoms with Crippen molar-refractivity contribution >= 4 is 23.3 Å². The maximum Gasteiger partial charge on any atom is 0.319 e. The summed E-state index contributed by atoms with van der Waals surface area (Å²) in [4.78, 5) is 14.2. The van der Waals surface area contributed by atoms with Crippen molar-refractivity contribution in [3.05, 3.63) is 29.3 Å². The number of urea groups is 1. The van der Waals surface area contributed by atoms with Gasteiger partial charge in [0, 0.05) is 19.6 Å². The highest BCUT2D eigenvalue weighted by atomic mass is 35.5. The third-order valence-corrected chi connectivity index (χ3v) is 3.87. The Labute approximate surface area is 130 Å². The van der Waals surface area contributed by atoms with Crippen molar-refractivity contribution in [2.75, 3.05) is 38.1 Å². The van der Waals surface area contributed by atoms with E-state index in [1.165, 1.54) is 0 Å². The zero-order chi connectivity index (χ0) is 15.1. The lowest BCUT2D eigenvalue weighted by molar-refractivity contribution is -0.0294. The van der Waals surface area contributed by atoms with E-state index >= 15 is 0 Å². The first kappa shape index (κ1) is 16.1. The van der Waals surface area contributed by atoms with Gasteiger partial charge < -0.3 is 15.4 Å². The zero-order valence-electron chi connectivity index (χ0n) is 12.3. The largest absolute Gasteiger partial charge is 0.375 e. The number of benzene rings is 1. The van der Waals surface area contributed by atoms with Gasteiger partial charge in [-0.05, 0) is 25.1 Å². The van der Waals surface area contributed by atoms with Gasteiger partial charge >= 0.3 is 6.03 Å². The predicted octanol–water partition coefficient (Wildman–Crippen LogP) is 2.57. The van der Waals surface area contributed by atoms with Crippen molar-refractivity contribution in [1.29, 1.82) is 0 Å². The maximum absolute atomic E-state index is 11.8. The van der Waals surface area contributed by atoms with Crippen molar-refractivity contribution in [3.8, 4) is 0 Å². The van der Waals surface area contributed by atoms with Gasteiger partial charge in [0.05, 0.1) is 23.4 Å². The number of morpholine rings is 1. The van der Waals surface area contributed by atoms with E-state index in [2.05, 4.69) is 22.5 Å². The molecule has 0 saturated carbocycles. The summed E-state index contributed by atoms with van der Waals surface area (Å²) in [6, 6.07) is 6.92. The Morgan fingerprint density at radius 1 is 1.48 bits per heavy atom. The number of amides is 2. The van der Waals surface area contributed by atoms with E-state index < -0.39 is 0 Å². The van der Waals surface area contributed by atoms with Crippen molar-refractivity contribution in [2.45, 2.75) is 19.4 Å². The van der Waals surface area contributed by atoms with E-state index in [9.17, 15) is 4.79 Å². The van der Waals surface area contributed by atoms with Crippen LogP contribution < -0.4 is 10.6 Å². The number of para-hydroxylation sites is 1. The average Bonchev–Trinajstić information content (AvgIpc) is 2.50. The van der Waals surface area contributed by atoms with Gasteiger partial charge in [-0.3, -0.25) is 4.90 Å². The fraction of sp³-hybridized carbons (Fsp3) is 0.533. The zero-order valence-corrected chi connectivity index (χ0v) is 13.0. The Hall–Kier alpha value is -1.30. The molecule has 1 saturated heterocycles. The predicted molar refractivity (Wildman–Crippen MR) is 84.9 cm³/mol. The molecule has 21 heavy (non-hydrogen) atoms. The SMILES string of the molecule is CCN1CCO[C@H](CCNC(=O)Nc2ccccc2Cl)C1. The van der Waals surface area contributed by atoms with Crippen molar-refractivity contribution in [3.63, 3.8) is 0 Å². The standard InChI is InChI=1S/C15H22ClN3O2/c1-2-19-9-10-21-12(11-19)7-8-17-15(20)18-14-6-4-3-5-13(14)16/h3-6,12H,2,7-11H2,1H3,(H2,17,18,20)/t12-/m1/s1. The summed E-state index contributed by atoms with van der Waals surface area (Å²) in [6.45, 7) is 6.47. The third kappa shape index (κ3) is 5.19. The lowest BCUT2D eigenvalue weighted by atomic mass is 10.2. The summed E-state index contributed by atoms with van der Waals surface area (Å²) in [7, 11) is 0. The molecule has 0 radical (unpaired) electrons. The van der Waals surface area contributed by atoms with E-state index in [1.807, 2.05) is 12.1 Å². The van der Waals surface area contributed by atoms with Crippen LogP contribution in [-0.4, -0.2) is 49.8 Å². The van der Waals surface area contributed by atoms with Crippen LogP contribution >= 0.6 is 11.6 Å². The summed E-state index contributed by atoms with van der Waals surface area (Å²) < 4.78 is 5.69. The van der Waals surface area contributed by atoms with Crippen LogP contribution in [0.3, 0.4) is 0 Å². The molecular formula is C15H22ClN3O2. The Morgan fingerprint density at radius 3 is 3.05 bits per heavy atom. The summed E-state index contributed by atoms with van der Waals surface area (Å²) in [5.74, 6) is 0. The second-order valence-corrected chi connectivity index (χ2v) is 5.44. The first-order chi connectivity index (χ1) is 10.2. The first-order valence-electron chi connectivity index (χ1n) is 7.32. The monoisotopic (exact) mass is 311 g/mol. The van der Waals surface area contributed by atoms with Crippen LogP contribution in [0.2, 0.25) is 5.02 Å². The molecule has 2 N–H and O–H groups in total. The number of carbonyl (C=O) groups excluding carboxylic acids is 1. The second kappa shape index (κ2) is 8.22. The Balaban J connectivity index is 1.69. The lowest BCUT2D eigenvalue weighted by Crippen LogP contribution is -2.43. The number of hydrogen-bond donors (Lipinski definition) is 2. The molecule has 0 bridgehead atoms. The van der Waals surface area contributed by atoms with Crippen LogP contribution in [-0.2, 0) is 4.74 Å². The van der Waals surface area contributed by atoms with Crippen LogP contribution in [0.25, 0.3) is 0 Å². The van der Waals surface area contributed by atoms with Gasteiger partial charge in [0.1, 0.15) is 0 Å². The molecule has 0 spiro atoms. The topological polar surface area (TPSA) is 53.6 Å². The van der Waals surface area contributed by atoms with E-state index in [4.69, 9.17) is 16.3 Å². The fourth-order valence-corrected chi connectivity index (χ4v) is 2.50. The molecule has 1 aliphatic heterocycles. The van der Waals surface area contributed by atoms with Gasteiger partial charge in [-0.15, -0.1) is 0 Å². The normalized spacial score (nSPS) is 19.2. The van der Waals surface area contributed by atoms with Gasteiger partial charge in [-0.25, -0.2) is 4.79 Å². The van der Waals surface area contributed by atoms with Crippen molar-refractivity contribution in [2.24, 2.45) is 0 Å². The van der Waals surface area contributed by atoms with Gasteiger partial charge in [-0.2, -0.15) is 0 Å². The molecule has 1 aliphatic rings. The summed E-state index contributed by atoms with van der Waals surface area (Å²) in [5.41, 5.74) is 0.614. The highest BCUT2D eigenvalue weighted by Crippen LogP contribution is 2.20. The molecule has 6 heteroatoms. The smallest absolute Gasteiger partial charge is 0.319 e. The summed E-state index contributed by atoms with van der Waals surface area (Å²) in [5, 5.41) is 6.10. The molecule has 1 heterocycles. The third-order valence-electron chi connectivity index (χ3n) is 3.54. The van der Waals surface area contributed by atoms with Crippen LogP contribution in [0, 0.1) is 0 Å². The molecule has 2 rings (SSSR count). The molecule has 0 aliphatic carbocycles. The van der Waals surface area contributed by atoms with Gasteiger partial charge in [0.2, 0.25) is 0 Å². The lowest BCUT2D eigenvalue weighted by Gasteiger charge is -2.32. The molecule has 0 unspecified atom stereocenters. The van der Waals surface area contributed by atoms with E-state index in [0.29, 0.717) is 17.3 Å². The average molecular weight is 312 g/mol. The van der Waals surface area contributed by atoms with Gasteiger partial charge in [0.15, 0.2) is 0 Å². The number of rotatable bonds is 5. The number of hydrogen-bond acceptors (Lipinski definition) is 3. The van der Waals surface area contributed by atoms with Crippen LogP contribution in [0.1, 0.15) is 13.3 Å². The van der Waals surface area contributed by atoms with Crippen LogP contribution in [0.5, 0.6) is 0 Å². The molecule has 116 valence electrons. The number of halogens is 1. The van der Waals surface area contributed by atoms with Gasteiger partial charge in [-0.1, -0.05) is 30.7 Å². The highest BCUT2D eigenvalue weighted by Gasteiger charge is 2.18. The van der Waals surface area contributed by atoms with E-state index in [1.54, 1.807) is 12.1 Å². The number of nitrogens with zero attached hydrogens (tertiary/aromatic N) is 1. The Kier molecular flexibility index (Phi) is 6.29. The molecular weight excluding hydrogens is 290 g/mol. The minimum absolute atomic E-state index is 0.194. The number of nitrogens with one attached hydrogen (secondary N) is 2. The minimum Gasteiger partial charge on any atom is -0.375 e. The van der Waals surface area contributed by atoms with E-state index in [-0.39, 0.29) is 12.1 Å². The summed E-state index contributed by atoms with van der Waals surface area (Å²) >= 11 is 5.99. The quantitative estimate of drug-likeness (QED) is 0.879. The summed E-state index contributed by atoms with van der Waals surface area (Å²) in [6.07, 6.45) is 1.01. The number of ether oxygens (including phenoxy) is 1. The van der Waals surface area contributed by atoms with E-state index in [0.717, 1.165) is 32.7 Å². The fourth-order valence-electron chi connectivity index (χ4n) is 2.32. The molecule has 5 nitrogen and oxygen atoms in total. The molecule has 1 atom stereocenters. The van der Waals surface area contributed by atoms with Crippen LogP contribution in [0.15, 0.2) is 24.3 Å². The van der Waals surface area contributed by atoms with Crippen molar-refractivity contribution in [1.82, 2.24) is 10.2 Å². The Morgan fingerprint density at radius 2 is 2.29 bits per heavy atom. The number of carbonyl (C=O) groups is 1.